The monoisotopic (exact) mass is 216 g/mol. The van der Waals surface area contributed by atoms with Crippen LogP contribution in [0.4, 0.5) is 0 Å². The van der Waals surface area contributed by atoms with Gasteiger partial charge in [-0.3, -0.25) is 0 Å². The maximum atomic E-state index is 5.47. The van der Waals surface area contributed by atoms with E-state index in [1.807, 2.05) is 43.3 Å². The van der Waals surface area contributed by atoms with Gasteiger partial charge < -0.3 is 4.74 Å². The number of nitrogens with zero attached hydrogens (tertiary/aromatic N) is 3. The molecule has 0 amide bonds. The zero-order valence-corrected chi connectivity index (χ0v) is 8.92. The fourth-order valence-electron chi connectivity index (χ4n) is 1.22. The van der Waals surface area contributed by atoms with Gasteiger partial charge in [0.2, 0.25) is 5.82 Å². The van der Waals surface area contributed by atoms with Gasteiger partial charge in [0, 0.05) is 5.56 Å². The fourth-order valence-corrected chi connectivity index (χ4v) is 1.22. The Bertz CT molecular complexity index is 447. The highest BCUT2D eigenvalue weighted by molar-refractivity contribution is 5.54. The Morgan fingerprint density at radius 3 is 2.75 bits per heavy atom. The quantitative estimate of drug-likeness (QED) is 0.792. The standard InChI is InChI=1S/C11H12N4O/c1-2-3-8-16-10-6-4-9(5-7-10)11-12-14-15-13-11/h2-7H,8H2,1H3,(H,12,13,14,15)/b3-2+. The van der Waals surface area contributed by atoms with Crippen LogP contribution in [0.3, 0.4) is 0 Å². The summed E-state index contributed by atoms with van der Waals surface area (Å²) in [6.45, 7) is 2.54. The van der Waals surface area contributed by atoms with Crippen molar-refractivity contribution in [2.24, 2.45) is 0 Å². The molecular formula is C11H12N4O. The molecule has 1 aromatic carbocycles. The van der Waals surface area contributed by atoms with E-state index >= 15 is 0 Å². The van der Waals surface area contributed by atoms with Crippen LogP contribution in [0.5, 0.6) is 5.75 Å². The summed E-state index contributed by atoms with van der Waals surface area (Å²) in [4.78, 5) is 0. The molecule has 1 aromatic heterocycles. The molecule has 16 heavy (non-hydrogen) atoms. The van der Waals surface area contributed by atoms with Gasteiger partial charge in [-0.1, -0.05) is 12.2 Å². The van der Waals surface area contributed by atoms with Crippen LogP contribution in [0.25, 0.3) is 11.4 Å². The van der Waals surface area contributed by atoms with Crippen molar-refractivity contribution >= 4 is 0 Å². The van der Waals surface area contributed by atoms with Crippen molar-refractivity contribution < 1.29 is 4.74 Å². The number of aromatic nitrogens is 4. The average Bonchev–Trinajstić information content (AvgIpc) is 2.84. The molecule has 0 aliphatic rings. The first-order chi connectivity index (χ1) is 7.90. The van der Waals surface area contributed by atoms with E-state index in [9.17, 15) is 0 Å². The molecule has 1 N–H and O–H groups in total. The maximum Gasteiger partial charge on any atom is 0.204 e. The molecule has 0 radical (unpaired) electrons. The SMILES string of the molecule is C/C=C/COc1ccc(-c2nn[nH]n2)cc1. The first-order valence-electron chi connectivity index (χ1n) is 4.98. The van der Waals surface area contributed by atoms with Crippen LogP contribution in [0.1, 0.15) is 6.92 Å². The smallest absolute Gasteiger partial charge is 0.204 e. The second-order valence-electron chi connectivity index (χ2n) is 3.14. The minimum absolute atomic E-state index is 0.581. The van der Waals surface area contributed by atoms with E-state index in [2.05, 4.69) is 20.6 Å². The van der Waals surface area contributed by atoms with E-state index in [1.54, 1.807) is 0 Å². The molecule has 0 aliphatic heterocycles. The van der Waals surface area contributed by atoms with Crippen molar-refractivity contribution in [1.82, 2.24) is 20.6 Å². The Kier molecular flexibility index (Phi) is 3.28. The van der Waals surface area contributed by atoms with Gasteiger partial charge in [0.1, 0.15) is 12.4 Å². The normalized spacial score (nSPS) is 10.8. The third-order valence-corrected chi connectivity index (χ3v) is 2.04. The zero-order valence-electron chi connectivity index (χ0n) is 8.92. The molecule has 0 spiro atoms. The van der Waals surface area contributed by atoms with Gasteiger partial charge in [0.15, 0.2) is 0 Å². The lowest BCUT2D eigenvalue weighted by atomic mass is 10.2. The Labute approximate surface area is 93.1 Å². The van der Waals surface area contributed by atoms with Crippen LogP contribution in [0, 0.1) is 0 Å². The van der Waals surface area contributed by atoms with Crippen LogP contribution in [0.15, 0.2) is 36.4 Å². The van der Waals surface area contributed by atoms with Gasteiger partial charge >= 0.3 is 0 Å². The Hall–Kier alpha value is -2.17. The third kappa shape index (κ3) is 2.44. The summed E-state index contributed by atoms with van der Waals surface area (Å²) in [7, 11) is 0. The first kappa shape index (κ1) is 10.4. The fraction of sp³-hybridized carbons (Fsp3) is 0.182. The number of benzene rings is 1. The van der Waals surface area contributed by atoms with Crippen molar-refractivity contribution in [2.45, 2.75) is 6.92 Å². The lowest BCUT2D eigenvalue weighted by Crippen LogP contribution is -1.92. The number of nitrogens with one attached hydrogen (secondary N) is 1. The number of hydrogen-bond donors (Lipinski definition) is 1. The number of ether oxygens (including phenoxy) is 1. The highest BCUT2D eigenvalue weighted by atomic mass is 16.5. The molecule has 0 saturated heterocycles. The molecule has 0 fully saturated rings. The molecule has 1 heterocycles. The van der Waals surface area contributed by atoms with Gasteiger partial charge in [0.25, 0.3) is 0 Å². The van der Waals surface area contributed by atoms with Gasteiger partial charge in [0.05, 0.1) is 0 Å². The van der Waals surface area contributed by atoms with E-state index in [0.29, 0.717) is 12.4 Å². The molecule has 0 atom stereocenters. The Morgan fingerprint density at radius 2 is 2.12 bits per heavy atom. The minimum atomic E-state index is 0.581. The van der Waals surface area contributed by atoms with Crippen molar-refractivity contribution in [3.8, 4) is 17.1 Å². The largest absolute Gasteiger partial charge is 0.490 e. The molecule has 0 bridgehead atoms. The van der Waals surface area contributed by atoms with Crippen LogP contribution in [-0.4, -0.2) is 27.2 Å². The zero-order chi connectivity index (χ0) is 11.2. The van der Waals surface area contributed by atoms with Gasteiger partial charge in [-0.25, -0.2) is 0 Å². The summed E-state index contributed by atoms with van der Waals surface area (Å²) in [5, 5.41) is 13.7. The lowest BCUT2D eigenvalue weighted by molar-refractivity contribution is 0.363. The molecule has 5 heteroatoms. The third-order valence-electron chi connectivity index (χ3n) is 2.04. The molecule has 2 rings (SSSR count). The number of H-pyrrole nitrogens is 1. The number of aromatic amines is 1. The van der Waals surface area contributed by atoms with Crippen molar-refractivity contribution in [3.05, 3.63) is 36.4 Å². The van der Waals surface area contributed by atoms with Crippen LogP contribution >= 0.6 is 0 Å². The van der Waals surface area contributed by atoms with Crippen molar-refractivity contribution in [3.63, 3.8) is 0 Å². The van der Waals surface area contributed by atoms with E-state index in [4.69, 9.17) is 4.74 Å². The van der Waals surface area contributed by atoms with E-state index in [1.165, 1.54) is 0 Å². The molecule has 82 valence electrons. The highest BCUT2D eigenvalue weighted by Crippen LogP contribution is 2.18. The maximum absolute atomic E-state index is 5.47. The van der Waals surface area contributed by atoms with Gasteiger partial charge in [-0.05, 0) is 36.4 Å². The van der Waals surface area contributed by atoms with Crippen LogP contribution in [-0.2, 0) is 0 Å². The summed E-state index contributed by atoms with van der Waals surface area (Å²) >= 11 is 0. The van der Waals surface area contributed by atoms with Gasteiger partial charge in [-0.15, -0.1) is 10.2 Å². The van der Waals surface area contributed by atoms with E-state index in [0.717, 1.165) is 11.3 Å². The predicted molar refractivity (Wildman–Crippen MR) is 59.9 cm³/mol. The highest BCUT2D eigenvalue weighted by Gasteiger charge is 2.01. The average molecular weight is 216 g/mol. The van der Waals surface area contributed by atoms with Crippen LogP contribution in [0.2, 0.25) is 0 Å². The summed E-state index contributed by atoms with van der Waals surface area (Å²) in [6.07, 6.45) is 3.90. The van der Waals surface area contributed by atoms with E-state index < -0.39 is 0 Å². The molecule has 5 nitrogen and oxygen atoms in total. The Balaban J connectivity index is 2.05. The molecule has 2 aromatic rings. The first-order valence-corrected chi connectivity index (χ1v) is 4.98. The van der Waals surface area contributed by atoms with Crippen LogP contribution < -0.4 is 4.74 Å². The molecule has 0 unspecified atom stereocenters. The number of hydrogen-bond acceptors (Lipinski definition) is 4. The lowest BCUT2D eigenvalue weighted by Gasteiger charge is -2.02. The van der Waals surface area contributed by atoms with Crippen molar-refractivity contribution in [2.75, 3.05) is 6.61 Å². The second-order valence-corrected chi connectivity index (χ2v) is 3.14. The molecule has 0 saturated carbocycles. The summed E-state index contributed by atoms with van der Waals surface area (Å²) in [5.41, 5.74) is 0.909. The Morgan fingerprint density at radius 1 is 1.31 bits per heavy atom. The number of allylic oxidation sites excluding steroid dienone is 1. The van der Waals surface area contributed by atoms with Gasteiger partial charge in [-0.2, -0.15) is 5.21 Å². The number of rotatable bonds is 4. The summed E-state index contributed by atoms with van der Waals surface area (Å²) in [6, 6.07) is 7.57. The molecular weight excluding hydrogens is 204 g/mol. The topological polar surface area (TPSA) is 63.7 Å². The molecule has 0 aliphatic carbocycles. The van der Waals surface area contributed by atoms with Crippen molar-refractivity contribution in [1.29, 1.82) is 0 Å². The summed E-state index contributed by atoms with van der Waals surface area (Å²) in [5.74, 6) is 1.41. The summed E-state index contributed by atoms with van der Waals surface area (Å²) < 4.78 is 5.47. The second kappa shape index (κ2) is 5.06. The predicted octanol–water partition coefficient (Wildman–Crippen LogP) is 1.82. The minimum Gasteiger partial charge on any atom is -0.490 e. The van der Waals surface area contributed by atoms with E-state index in [-0.39, 0.29) is 0 Å². The number of tetrazole rings is 1.